The minimum absolute atomic E-state index is 0.0179. The molecule has 0 aromatic carbocycles. The number of aromatic nitrogens is 3. The summed E-state index contributed by atoms with van der Waals surface area (Å²) in [4.78, 5) is 6.59. The zero-order valence-electron chi connectivity index (χ0n) is 13.9. The fraction of sp³-hybridized carbons (Fsp3) is 0.556. The van der Waals surface area contributed by atoms with Crippen molar-refractivity contribution in [3.63, 3.8) is 0 Å². The van der Waals surface area contributed by atoms with Crippen molar-refractivity contribution >= 4 is 0 Å². The van der Waals surface area contributed by atoms with Gasteiger partial charge in [0.2, 0.25) is 0 Å². The third-order valence-corrected chi connectivity index (χ3v) is 5.10. The molecule has 0 aliphatic carbocycles. The Morgan fingerprint density at radius 1 is 1.29 bits per heavy atom. The first kappa shape index (κ1) is 15.7. The molecule has 1 atom stereocenters. The summed E-state index contributed by atoms with van der Waals surface area (Å²) in [6.07, 6.45) is 8.82. The van der Waals surface area contributed by atoms with E-state index in [4.69, 9.17) is 9.47 Å². The van der Waals surface area contributed by atoms with Crippen LogP contribution in [-0.2, 0) is 22.6 Å². The summed E-state index contributed by atoms with van der Waals surface area (Å²) >= 11 is 0. The van der Waals surface area contributed by atoms with Gasteiger partial charge in [0.25, 0.3) is 0 Å². The molecule has 2 fully saturated rings. The topological polar surface area (TPSA) is 63.3 Å². The Morgan fingerprint density at radius 2 is 2.21 bits per heavy atom. The Morgan fingerprint density at radius 3 is 2.96 bits per heavy atom. The predicted molar refractivity (Wildman–Crippen MR) is 89.2 cm³/mol. The molecule has 0 bridgehead atoms. The van der Waals surface area contributed by atoms with Crippen molar-refractivity contribution < 1.29 is 9.47 Å². The number of ether oxygens (including phenoxy) is 2. The van der Waals surface area contributed by atoms with E-state index < -0.39 is 0 Å². The number of likely N-dealkylation sites (tertiary alicyclic amines) is 1. The normalized spacial score (nSPS) is 23.8. The average molecular weight is 328 g/mol. The van der Waals surface area contributed by atoms with Crippen LogP contribution in [0.4, 0.5) is 0 Å². The van der Waals surface area contributed by atoms with Crippen LogP contribution in [0.5, 0.6) is 0 Å². The van der Waals surface area contributed by atoms with Gasteiger partial charge < -0.3 is 9.47 Å². The van der Waals surface area contributed by atoms with Gasteiger partial charge in [0.1, 0.15) is 0 Å². The van der Waals surface area contributed by atoms with E-state index in [1.807, 2.05) is 30.6 Å². The van der Waals surface area contributed by atoms with Gasteiger partial charge in [-0.15, -0.1) is 0 Å². The monoisotopic (exact) mass is 328 g/mol. The Bertz CT molecular complexity index is 624. The second kappa shape index (κ2) is 7.01. The lowest BCUT2D eigenvalue weighted by molar-refractivity contribution is -0.0470. The lowest BCUT2D eigenvalue weighted by Crippen LogP contribution is -2.44. The number of aromatic amines is 1. The Hall–Kier alpha value is -1.76. The molecule has 2 aliphatic heterocycles. The standard InChI is InChI=1S/C18H24N4O2/c1-2-15(11-19-6-1)13-23-17-10-18(24-14-17)4-8-22(9-5-18)12-16-3-7-20-21-16/h1-3,6-7,11,17H,4-5,8-10,12-14H2,(H,20,21). The van der Waals surface area contributed by atoms with Crippen molar-refractivity contribution in [2.24, 2.45) is 0 Å². The Balaban J connectivity index is 1.24. The van der Waals surface area contributed by atoms with E-state index in [-0.39, 0.29) is 11.7 Å². The lowest BCUT2D eigenvalue weighted by Gasteiger charge is -2.38. The summed E-state index contributed by atoms with van der Waals surface area (Å²) in [6, 6.07) is 6.03. The number of H-pyrrole nitrogens is 1. The van der Waals surface area contributed by atoms with Gasteiger partial charge in [0.15, 0.2) is 0 Å². The zero-order valence-corrected chi connectivity index (χ0v) is 13.9. The number of rotatable bonds is 5. The molecule has 0 amide bonds. The third kappa shape index (κ3) is 3.66. The largest absolute Gasteiger partial charge is 0.372 e. The molecule has 4 heterocycles. The van der Waals surface area contributed by atoms with Crippen molar-refractivity contribution in [1.82, 2.24) is 20.1 Å². The predicted octanol–water partition coefficient (Wildman–Crippen LogP) is 2.14. The van der Waals surface area contributed by atoms with Crippen molar-refractivity contribution in [2.75, 3.05) is 19.7 Å². The zero-order chi connectivity index (χ0) is 16.2. The van der Waals surface area contributed by atoms with E-state index in [1.165, 1.54) is 5.69 Å². The summed E-state index contributed by atoms with van der Waals surface area (Å²) < 4.78 is 12.2. The molecule has 1 unspecified atom stereocenters. The number of hydrogen-bond acceptors (Lipinski definition) is 5. The van der Waals surface area contributed by atoms with Crippen molar-refractivity contribution in [1.29, 1.82) is 0 Å². The van der Waals surface area contributed by atoms with E-state index in [0.717, 1.165) is 44.5 Å². The average Bonchev–Trinajstić information content (AvgIpc) is 3.27. The Labute approximate surface area is 142 Å². The first-order chi connectivity index (χ1) is 11.8. The van der Waals surface area contributed by atoms with Gasteiger partial charge in [-0.2, -0.15) is 5.10 Å². The van der Waals surface area contributed by atoms with Crippen LogP contribution in [-0.4, -0.2) is 51.5 Å². The molecule has 2 aromatic rings. The van der Waals surface area contributed by atoms with Crippen LogP contribution >= 0.6 is 0 Å². The molecule has 24 heavy (non-hydrogen) atoms. The molecule has 6 nitrogen and oxygen atoms in total. The molecule has 128 valence electrons. The van der Waals surface area contributed by atoms with Crippen molar-refractivity contribution in [3.05, 3.63) is 48.0 Å². The number of pyridine rings is 1. The third-order valence-electron chi connectivity index (χ3n) is 5.10. The molecule has 2 aromatic heterocycles. The van der Waals surface area contributed by atoms with Crippen molar-refractivity contribution in [3.8, 4) is 0 Å². The van der Waals surface area contributed by atoms with Crippen molar-refractivity contribution in [2.45, 2.75) is 44.1 Å². The Kier molecular flexibility index (Phi) is 4.60. The molecular formula is C18H24N4O2. The molecule has 0 saturated carbocycles. The molecular weight excluding hydrogens is 304 g/mol. The second-order valence-corrected chi connectivity index (χ2v) is 6.85. The minimum Gasteiger partial charge on any atom is -0.372 e. The van der Waals surface area contributed by atoms with Crippen LogP contribution in [0.3, 0.4) is 0 Å². The molecule has 1 spiro atoms. The number of nitrogens with zero attached hydrogens (tertiary/aromatic N) is 3. The summed E-state index contributed by atoms with van der Waals surface area (Å²) in [5, 5.41) is 7.05. The number of nitrogens with one attached hydrogen (secondary N) is 1. The molecule has 2 saturated heterocycles. The van der Waals surface area contributed by atoms with E-state index in [1.54, 1.807) is 6.20 Å². The maximum atomic E-state index is 6.18. The van der Waals surface area contributed by atoms with Gasteiger partial charge in [-0.3, -0.25) is 15.0 Å². The summed E-state index contributed by atoms with van der Waals surface area (Å²) in [5.41, 5.74) is 2.31. The van der Waals surface area contributed by atoms with Gasteiger partial charge in [0, 0.05) is 50.3 Å². The first-order valence-electron chi connectivity index (χ1n) is 8.66. The molecule has 6 heteroatoms. The molecule has 0 radical (unpaired) electrons. The molecule has 2 aliphatic rings. The summed E-state index contributed by atoms with van der Waals surface area (Å²) in [7, 11) is 0. The molecule has 4 rings (SSSR count). The highest BCUT2D eigenvalue weighted by atomic mass is 16.6. The SMILES string of the molecule is c1cncc(COC2COC3(CCN(Cc4ccn[nH]4)CC3)C2)c1. The van der Waals surface area contributed by atoms with Crippen LogP contribution in [0.2, 0.25) is 0 Å². The highest BCUT2D eigenvalue weighted by Crippen LogP contribution is 2.37. The molecule has 1 N–H and O–H groups in total. The quantitative estimate of drug-likeness (QED) is 0.911. The maximum Gasteiger partial charge on any atom is 0.0840 e. The van der Waals surface area contributed by atoms with E-state index in [2.05, 4.69) is 20.1 Å². The van der Waals surface area contributed by atoms with Gasteiger partial charge in [-0.05, 0) is 30.5 Å². The van der Waals surface area contributed by atoms with Crippen LogP contribution in [0.25, 0.3) is 0 Å². The highest BCUT2D eigenvalue weighted by molar-refractivity contribution is 5.07. The fourth-order valence-corrected chi connectivity index (χ4v) is 3.69. The second-order valence-electron chi connectivity index (χ2n) is 6.85. The van der Waals surface area contributed by atoms with E-state index >= 15 is 0 Å². The van der Waals surface area contributed by atoms with Crippen LogP contribution in [0.1, 0.15) is 30.5 Å². The lowest BCUT2D eigenvalue weighted by atomic mass is 9.88. The van der Waals surface area contributed by atoms with E-state index in [0.29, 0.717) is 13.2 Å². The fourth-order valence-electron chi connectivity index (χ4n) is 3.69. The smallest absolute Gasteiger partial charge is 0.0840 e. The maximum absolute atomic E-state index is 6.18. The van der Waals surface area contributed by atoms with Gasteiger partial charge in [-0.1, -0.05) is 6.07 Å². The van der Waals surface area contributed by atoms with Crippen LogP contribution < -0.4 is 0 Å². The first-order valence-corrected chi connectivity index (χ1v) is 8.66. The van der Waals surface area contributed by atoms with Crippen LogP contribution in [0, 0.1) is 0 Å². The highest BCUT2D eigenvalue weighted by Gasteiger charge is 2.43. The summed E-state index contributed by atoms with van der Waals surface area (Å²) in [6.45, 7) is 4.39. The minimum atomic E-state index is 0.0179. The van der Waals surface area contributed by atoms with Crippen LogP contribution in [0.15, 0.2) is 36.8 Å². The summed E-state index contributed by atoms with van der Waals surface area (Å²) in [5.74, 6) is 0. The van der Waals surface area contributed by atoms with E-state index in [9.17, 15) is 0 Å². The van der Waals surface area contributed by atoms with Gasteiger partial charge >= 0.3 is 0 Å². The van der Waals surface area contributed by atoms with Gasteiger partial charge in [0.05, 0.1) is 24.9 Å². The van der Waals surface area contributed by atoms with Gasteiger partial charge in [-0.25, -0.2) is 0 Å². The number of hydrogen-bond donors (Lipinski definition) is 1. The number of piperidine rings is 1.